The molecule has 0 atom stereocenters. The van der Waals surface area contributed by atoms with Gasteiger partial charge in [0.05, 0.1) is 12.1 Å². The maximum atomic E-state index is 11.6. The zero-order valence-electron chi connectivity index (χ0n) is 9.40. The molecule has 1 aromatic heterocycles. The molecular formula is C10H14N2O4. The van der Waals surface area contributed by atoms with Gasteiger partial charge >= 0.3 is 5.97 Å². The van der Waals surface area contributed by atoms with Crippen molar-refractivity contribution in [2.75, 3.05) is 0 Å². The van der Waals surface area contributed by atoms with Crippen LogP contribution in [0.15, 0.2) is 4.52 Å². The van der Waals surface area contributed by atoms with E-state index in [0.717, 1.165) is 0 Å². The Kier molecular flexibility index (Phi) is 3.65. The van der Waals surface area contributed by atoms with Crippen LogP contribution in [0.25, 0.3) is 0 Å². The summed E-state index contributed by atoms with van der Waals surface area (Å²) < 4.78 is 4.83. The van der Waals surface area contributed by atoms with Crippen molar-refractivity contribution in [1.82, 2.24) is 10.5 Å². The molecule has 0 radical (unpaired) electrons. The van der Waals surface area contributed by atoms with Gasteiger partial charge in [0, 0.05) is 11.6 Å². The van der Waals surface area contributed by atoms with Crippen molar-refractivity contribution < 1.29 is 19.2 Å². The van der Waals surface area contributed by atoms with E-state index in [1.807, 2.05) is 0 Å². The number of nitrogens with one attached hydrogen (secondary N) is 1. The lowest BCUT2D eigenvalue weighted by molar-refractivity contribution is -0.136. The Morgan fingerprint density at radius 3 is 2.62 bits per heavy atom. The van der Waals surface area contributed by atoms with Crippen molar-refractivity contribution in [2.24, 2.45) is 0 Å². The molecule has 1 amide bonds. The van der Waals surface area contributed by atoms with Crippen molar-refractivity contribution in [2.45, 2.75) is 33.2 Å². The zero-order valence-corrected chi connectivity index (χ0v) is 9.40. The van der Waals surface area contributed by atoms with E-state index >= 15 is 0 Å². The molecule has 0 aliphatic heterocycles. The standard InChI is InChI=1S/C10H14N2O4/c1-5(2)11-10(15)9-7(4-8(13)14)6(3)12-16-9/h5H,4H2,1-3H3,(H,11,15)(H,13,14). The average Bonchev–Trinajstić information content (AvgIpc) is 2.46. The lowest BCUT2D eigenvalue weighted by Gasteiger charge is -2.06. The highest BCUT2D eigenvalue weighted by Crippen LogP contribution is 2.14. The van der Waals surface area contributed by atoms with Gasteiger partial charge in [-0.15, -0.1) is 0 Å². The van der Waals surface area contributed by atoms with Crippen LogP contribution in [0.5, 0.6) is 0 Å². The Hall–Kier alpha value is -1.85. The van der Waals surface area contributed by atoms with E-state index in [2.05, 4.69) is 10.5 Å². The van der Waals surface area contributed by atoms with Gasteiger partial charge in [0.15, 0.2) is 0 Å². The number of aromatic nitrogens is 1. The molecule has 1 rings (SSSR count). The van der Waals surface area contributed by atoms with Gasteiger partial charge in [-0.2, -0.15) is 0 Å². The molecule has 0 saturated carbocycles. The number of hydrogen-bond acceptors (Lipinski definition) is 4. The molecule has 16 heavy (non-hydrogen) atoms. The van der Waals surface area contributed by atoms with E-state index in [-0.39, 0.29) is 18.2 Å². The molecule has 6 nitrogen and oxygen atoms in total. The summed E-state index contributed by atoms with van der Waals surface area (Å²) in [6, 6.07) is -0.0458. The number of carbonyl (C=O) groups is 2. The van der Waals surface area contributed by atoms with Crippen LogP contribution in [0.4, 0.5) is 0 Å². The highest BCUT2D eigenvalue weighted by molar-refractivity contribution is 5.94. The second-order valence-corrected chi connectivity index (χ2v) is 3.77. The van der Waals surface area contributed by atoms with Gasteiger partial charge in [-0.25, -0.2) is 0 Å². The largest absolute Gasteiger partial charge is 0.481 e. The Bertz CT molecular complexity index is 409. The van der Waals surface area contributed by atoms with Crippen LogP contribution < -0.4 is 5.32 Å². The Labute approximate surface area is 92.6 Å². The van der Waals surface area contributed by atoms with E-state index in [0.29, 0.717) is 11.3 Å². The third-order valence-corrected chi connectivity index (χ3v) is 1.94. The minimum absolute atomic E-state index is 0.0198. The van der Waals surface area contributed by atoms with Crippen LogP contribution in [0.2, 0.25) is 0 Å². The van der Waals surface area contributed by atoms with Crippen molar-refractivity contribution in [3.8, 4) is 0 Å². The molecule has 1 heterocycles. The Balaban J connectivity index is 2.95. The molecule has 0 bridgehead atoms. The van der Waals surface area contributed by atoms with Crippen LogP contribution >= 0.6 is 0 Å². The highest BCUT2D eigenvalue weighted by Gasteiger charge is 2.22. The summed E-state index contributed by atoms with van der Waals surface area (Å²) in [4.78, 5) is 22.2. The summed E-state index contributed by atoms with van der Waals surface area (Å²) in [6.07, 6.45) is -0.268. The fourth-order valence-corrected chi connectivity index (χ4v) is 1.25. The third kappa shape index (κ3) is 2.82. The molecular weight excluding hydrogens is 212 g/mol. The number of hydrogen-bond donors (Lipinski definition) is 2. The Morgan fingerprint density at radius 2 is 2.12 bits per heavy atom. The number of nitrogens with zero attached hydrogens (tertiary/aromatic N) is 1. The monoisotopic (exact) mass is 226 g/mol. The van der Waals surface area contributed by atoms with Gasteiger partial charge in [0.25, 0.3) is 5.91 Å². The molecule has 0 aromatic carbocycles. The molecule has 0 saturated heterocycles. The lowest BCUT2D eigenvalue weighted by Crippen LogP contribution is -2.30. The fourth-order valence-electron chi connectivity index (χ4n) is 1.25. The average molecular weight is 226 g/mol. The first-order valence-corrected chi connectivity index (χ1v) is 4.89. The fraction of sp³-hybridized carbons (Fsp3) is 0.500. The first kappa shape index (κ1) is 12.2. The zero-order chi connectivity index (χ0) is 12.3. The minimum atomic E-state index is -1.02. The quantitative estimate of drug-likeness (QED) is 0.790. The third-order valence-electron chi connectivity index (χ3n) is 1.94. The van der Waals surface area contributed by atoms with Crippen molar-refractivity contribution in [3.05, 3.63) is 17.0 Å². The van der Waals surface area contributed by atoms with Gasteiger partial charge < -0.3 is 14.9 Å². The van der Waals surface area contributed by atoms with Gasteiger partial charge in [-0.1, -0.05) is 5.16 Å². The van der Waals surface area contributed by atoms with Crippen LogP contribution in [0.3, 0.4) is 0 Å². The second kappa shape index (κ2) is 4.78. The maximum absolute atomic E-state index is 11.6. The predicted molar refractivity (Wildman–Crippen MR) is 55.2 cm³/mol. The van der Waals surface area contributed by atoms with E-state index < -0.39 is 11.9 Å². The summed E-state index contributed by atoms with van der Waals surface area (Å²) >= 11 is 0. The van der Waals surface area contributed by atoms with Crippen molar-refractivity contribution in [3.63, 3.8) is 0 Å². The van der Waals surface area contributed by atoms with E-state index in [9.17, 15) is 9.59 Å². The first-order chi connectivity index (χ1) is 7.41. The van der Waals surface area contributed by atoms with Gasteiger partial charge in [0.1, 0.15) is 0 Å². The first-order valence-electron chi connectivity index (χ1n) is 4.89. The smallest absolute Gasteiger partial charge is 0.308 e. The van der Waals surface area contributed by atoms with Crippen LogP contribution in [-0.2, 0) is 11.2 Å². The molecule has 0 aliphatic rings. The van der Waals surface area contributed by atoms with Gasteiger partial charge in [0.2, 0.25) is 5.76 Å². The number of carboxylic acid groups (broad SMARTS) is 1. The summed E-state index contributed by atoms with van der Waals surface area (Å²) in [7, 11) is 0. The van der Waals surface area contributed by atoms with E-state index in [1.54, 1.807) is 20.8 Å². The summed E-state index contributed by atoms with van der Waals surface area (Å²) in [5, 5.41) is 14.9. The van der Waals surface area contributed by atoms with Crippen LogP contribution in [-0.4, -0.2) is 28.2 Å². The SMILES string of the molecule is Cc1noc(C(=O)NC(C)C)c1CC(=O)O. The van der Waals surface area contributed by atoms with E-state index in [1.165, 1.54) is 0 Å². The van der Waals surface area contributed by atoms with E-state index in [4.69, 9.17) is 9.63 Å². The number of amides is 1. The molecule has 0 fully saturated rings. The minimum Gasteiger partial charge on any atom is -0.481 e. The summed E-state index contributed by atoms with van der Waals surface area (Å²) in [5.74, 6) is -1.48. The number of carbonyl (C=O) groups excluding carboxylic acids is 1. The lowest BCUT2D eigenvalue weighted by atomic mass is 10.1. The van der Waals surface area contributed by atoms with Crippen molar-refractivity contribution in [1.29, 1.82) is 0 Å². The second-order valence-electron chi connectivity index (χ2n) is 3.77. The molecule has 2 N–H and O–H groups in total. The molecule has 0 spiro atoms. The number of aliphatic carboxylic acids is 1. The molecule has 88 valence electrons. The maximum Gasteiger partial charge on any atom is 0.308 e. The van der Waals surface area contributed by atoms with Crippen molar-refractivity contribution >= 4 is 11.9 Å². The Morgan fingerprint density at radius 1 is 1.50 bits per heavy atom. The summed E-state index contributed by atoms with van der Waals surface area (Å²) in [6.45, 7) is 5.21. The molecule has 1 aromatic rings. The number of aryl methyl sites for hydroxylation is 1. The molecule has 0 unspecified atom stereocenters. The predicted octanol–water partition coefficient (Wildman–Crippen LogP) is 0.748. The topological polar surface area (TPSA) is 92.4 Å². The van der Waals surface area contributed by atoms with Crippen LogP contribution in [0, 0.1) is 6.92 Å². The molecule has 0 aliphatic carbocycles. The molecule has 6 heteroatoms. The summed E-state index contributed by atoms with van der Waals surface area (Å²) in [5.41, 5.74) is 0.752. The van der Waals surface area contributed by atoms with Gasteiger partial charge in [-0.3, -0.25) is 9.59 Å². The van der Waals surface area contributed by atoms with Crippen LogP contribution in [0.1, 0.15) is 35.7 Å². The number of rotatable bonds is 4. The number of carboxylic acids is 1. The normalized spacial score (nSPS) is 10.5. The highest BCUT2D eigenvalue weighted by atomic mass is 16.5. The van der Waals surface area contributed by atoms with Gasteiger partial charge in [-0.05, 0) is 20.8 Å².